The molecule has 142 valence electrons. The summed E-state index contributed by atoms with van der Waals surface area (Å²) in [5.74, 6) is 0.555. The highest BCUT2D eigenvalue weighted by Gasteiger charge is 2.40. The van der Waals surface area contributed by atoms with Gasteiger partial charge in [-0.05, 0) is 34.6 Å². The molecule has 0 aliphatic carbocycles. The predicted molar refractivity (Wildman–Crippen MR) is 101 cm³/mol. The normalized spacial score (nSPS) is 17.8. The van der Waals surface area contributed by atoms with Crippen molar-refractivity contribution >= 4 is 17.8 Å². The first-order chi connectivity index (χ1) is 11.5. The summed E-state index contributed by atoms with van der Waals surface area (Å²) in [6.45, 7) is 15.5. The van der Waals surface area contributed by atoms with Crippen LogP contribution in [0.25, 0.3) is 0 Å². The molecule has 0 radical (unpaired) electrons. The first kappa shape index (κ1) is 21.0. The zero-order valence-electron chi connectivity index (χ0n) is 16.7. The fraction of sp³-hybridized carbons (Fsp3) is 0.722. The van der Waals surface area contributed by atoms with Gasteiger partial charge in [0.1, 0.15) is 6.54 Å². The third-order valence-corrected chi connectivity index (χ3v) is 4.05. The Kier molecular flexibility index (Phi) is 7.02. The van der Waals surface area contributed by atoms with Gasteiger partial charge < -0.3 is 20.0 Å². The maximum atomic E-state index is 12.7. The molecule has 0 aromatic heterocycles. The molecule has 0 spiro atoms. The summed E-state index contributed by atoms with van der Waals surface area (Å²) >= 11 is 0. The number of carbonyl (C=O) groups is 2. The molecule has 0 bridgehead atoms. The van der Waals surface area contributed by atoms with Gasteiger partial charge in [0, 0.05) is 33.2 Å². The molecule has 1 fully saturated rings. The molecule has 7 heteroatoms. The van der Waals surface area contributed by atoms with E-state index in [0.29, 0.717) is 19.0 Å². The molecule has 0 aromatic carbocycles. The zero-order valence-corrected chi connectivity index (χ0v) is 16.7. The predicted octanol–water partition coefficient (Wildman–Crippen LogP) is 0.928. The number of guanidine groups is 1. The van der Waals surface area contributed by atoms with Crippen LogP contribution in [0.2, 0.25) is 0 Å². The third-order valence-electron chi connectivity index (χ3n) is 4.05. The molecule has 25 heavy (non-hydrogen) atoms. The number of hydrogen-bond donors (Lipinski definition) is 1. The molecule has 1 aliphatic heterocycles. The molecule has 1 saturated heterocycles. The summed E-state index contributed by atoms with van der Waals surface area (Å²) in [5, 5.41) is 3.22. The minimum atomic E-state index is -0.319. The molecule has 0 aromatic rings. The number of aliphatic imine (C=N–C) groups is 1. The summed E-state index contributed by atoms with van der Waals surface area (Å²) in [7, 11) is 3.40. The van der Waals surface area contributed by atoms with Gasteiger partial charge >= 0.3 is 0 Å². The lowest BCUT2D eigenvalue weighted by atomic mass is 9.96. The molecule has 1 heterocycles. The van der Waals surface area contributed by atoms with Crippen LogP contribution in [0.1, 0.15) is 34.6 Å². The summed E-state index contributed by atoms with van der Waals surface area (Å²) in [6, 6.07) is 0.142. The van der Waals surface area contributed by atoms with Crippen molar-refractivity contribution in [1.82, 2.24) is 20.0 Å². The minimum Gasteiger partial charge on any atom is -0.352 e. The van der Waals surface area contributed by atoms with Gasteiger partial charge in [0.2, 0.25) is 11.8 Å². The second-order valence-electron chi connectivity index (χ2n) is 7.76. The second-order valence-corrected chi connectivity index (χ2v) is 7.76. The topological polar surface area (TPSA) is 68.2 Å². The van der Waals surface area contributed by atoms with Crippen LogP contribution in [0.15, 0.2) is 17.1 Å². The van der Waals surface area contributed by atoms with Gasteiger partial charge in [-0.3, -0.25) is 9.59 Å². The van der Waals surface area contributed by atoms with Crippen molar-refractivity contribution < 1.29 is 9.59 Å². The number of rotatable bonds is 5. The maximum absolute atomic E-state index is 12.7. The molecule has 1 aliphatic rings. The molecular weight excluding hydrogens is 318 g/mol. The highest BCUT2D eigenvalue weighted by Crippen LogP contribution is 2.24. The van der Waals surface area contributed by atoms with E-state index in [0.717, 1.165) is 5.57 Å². The SMILES string of the molecule is C=C(C)CNC(=NCC(=O)N(C)C)N1CC(=O)N(C(C)C)C(C)(C)C1. The van der Waals surface area contributed by atoms with Crippen molar-refractivity contribution in [1.29, 1.82) is 0 Å². The van der Waals surface area contributed by atoms with Crippen molar-refractivity contribution in [3.63, 3.8) is 0 Å². The standard InChI is InChI=1S/C18H33N5O2/c1-13(2)9-19-17(20-10-15(24)21(7)8)22-11-16(25)23(14(3)4)18(5,6)12-22/h14H,1,9-12H2,2-8H3,(H,19,20). The fourth-order valence-corrected chi connectivity index (χ4v) is 3.09. The van der Waals surface area contributed by atoms with Crippen LogP contribution in [-0.2, 0) is 9.59 Å². The summed E-state index contributed by atoms with van der Waals surface area (Å²) in [4.78, 5) is 34.3. The number of nitrogens with zero attached hydrogens (tertiary/aromatic N) is 4. The van der Waals surface area contributed by atoms with Gasteiger partial charge in [-0.25, -0.2) is 4.99 Å². The summed E-state index contributed by atoms with van der Waals surface area (Å²) < 4.78 is 0. The van der Waals surface area contributed by atoms with Crippen molar-refractivity contribution in [2.45, 2.75) is 46.2 Å². The smallest absolute Gasteiger partial charge is 0.243 e. The number of hydrogen-bond acceptors (Lipinski definition) is 3. The number of carbonyl (C=O) groups excluding carboxylic acids is 2. The Balaban J connectivity index is 3.02. The van der Waals surface area contributed by atoms with Gasteiger partial charge in [-0.1, -0.05) is 12.2 Å². The van der Waals surface area contributed by atoms with Gasteiger partial charge in [-0.2, -0.15) is 0 Å². The fourth-order valence-electron chi connectivity index (χ4n) is 3.09. The van der Waals surface area contributed by atoms with E-state index in [4.69, 9.17) is 0 Å². The maximum Gasteiger partial charge on any atom is 0.243 e. The Morgan fingerprint density at radius 2 is 2.00 bits per heavy atom. The summed E-state index contributed by atoms with van der Waals surface area (Å²) in [6.07, 6.45) is 0. The zero-order chi connectivity index (χ0) is 19.4. The largest absolute Gasteiger partial charge is 0.352 e. The van der Waals surface area contributed by atoms with Crippen LogP contribution in [0.4, 0.5) is 0 Å². The van der Waals surface area contributed by atoms with Crippen LogP contribution < -0.4 is 5.32 Å². The van der Waals surface area contributed by atoms with E-state index >= 15 is 0 Å². The lowest BCUT2D eigenvalue weighted by Gasteiger charge is -2.49. The first-order valence-electron chi connectivity index (χ1n) is 8.65. The molecule has 0 unspecified atom stereocenters. The average molecular weight is 351 g/mol. The Morgan fingerprint density at radius 1 is 1.40 bits per heavy atom. The Labute approximate surface area is 151 Å². The Bertz CT molecular complexity index is 552. The highest BCUT2D eigenvalue weighted by molar-refractivity contribution is 5.90. The van der Waals surface area contributed by atoms with Crippen molar-refractivity contribution in [3.8, 4) is 0 Å². The monoisotopic (exact) mass is 351 g/mol. The van der Waals surface area contributed by atoms with Crippen LogP contribution >= 0.6 is 0 Å². The lowest BCUT2D eigenvalue weighted by Crippen LogP contribution is -2.66. The van der Waals surface area contributed by atoms with Gasteiger partial charge in [-0.15, -0.1) is 0 Å². The number of amides is 2. The highest BCUT2D eigenvalue weighted by atomic mass is 16.2. The van der Waals surface area contributed by atoms with Gasteiger partial charge in [0.15, 0.2) is 5.96 Å². The molecular formula is C18H33N5O2. The van der Waals surface area contributed by atoms with E-state index < -0.39 is 0 Å². The van der Waals surface area contributed by atoms with Gasteiger partial charge in [0.05, 0.1) is 12.1 Å². The molecule has 0 atom stereocenters. The quantitative estimate of drug-likeness (QED) is 0.454. The van der Waals surface area contributed by atoms with E-state index in [1.807, 2.05) is 30.6 Å². The Morgan fingerprint density at radius 3 is 2.44 bits per heavy atom. The van der Waals surface area contributed by atoms with E-state index in [9.17, 15) is 9.59 Å². The first-order valence-corrected chi connectivity index (χ1v) is 8.65. The Hall–Kier alpha value is -2.05. The number of likely N-dealkylation sites (N-methyl/N-ethyl adjacent to an activating group) is 1. The molecule has 1 N–H and O–H groups in total. The number of nitrogens with one attached hydrogen (secondary N) is 1. The summed E-state index contributed by atoms with van der Waals surface area (Å²) in [5.41, 5.74) is 0.638. The molecule has 2 amide bonds. The molecule has 7 nitrogen and oxygen atoms in total. The van der Waals surface area contributed by atoms with E-state index in [-0.39, 0.29) is 36.5 Å². The third kappa shape index (κ3) is 5.76. The van der Waals surface area contributed by atoms with Gasteiger partial charge in [0.25, 0.3) is 0 Å². The van der Waals surface area contributed by atoms with Crippen molar-refractivity contribution in [2.75, 3.05) is 40.3 Å². The molecule has 1 rings (SSSR count). The van der Waals surface area contributed by atoms with Crippen LogP contribution in [0.3, 0.4) is 0 Å². The average Bonchev–Trinajstić information content (AvgIpc) is 2.43. The van der Waals surface area contributed by atoms with Crippen molar-refractivity contribution in [2.24, 2.45) is 4.99 Å². The number of piperazine rings is 1. The van der Waals surface area contributed by atoms with Crippen LogP contribution in [0.5, 0.6) is 0 Å². The van der Waals surface area contributed by atoms with E-state index in [1.54, 1.807) is 14.1 Å². The van der Waals surface area contributed by atoms with E-state index in [2.05, 4.69) is 30.7 Å². The van der Waals surface area contributed by atoms with E-state index in [1.165, 1.54) is 4.90 Å². The minimum absolute atomic E-state index is 0.0462. The second kappa shape index (κ2) is 8.36. The lowest BCUT2D eigenvalue weighted by molar-refractivity contribution is -0.145. The van der Waals surface area contributed by atoms with Crippen LogP contribution in [0, 0.1) is 0 Å². The van der Waals surface area contributed by atoms with Crippen molar-refractivity contribution in [3.05, 3.63) is 12.2 Å². The molecule has 0 saturated carbocycles. The van der Waals surface area contributed by atoms with Crippen LogP contribution in [-0.4, -0.2) is 84.3 Å².